The van der Waals surface area contributed by atoms with Crippen molar-refractivity contribution in [3.63, 3.8) is 0 Å². The van der Waals surface area contributed by atoms with E-state index in [1.807, 2.05) is 13.8 Å². The number of carbonyl (C=O) groups is 1. The van der Waals surface area contributed by atoms with Crippen molar-refractivity contribution in [2.45, 2.75) is 38.8 Å². The molecule has 0 saturated carbocycles. The minimum absolute atomic E-state index is 0.192. The lowest BCUT2D eigenvalue weighted by molar-refractivity contribution is -0.136. The van der Waals surface area contributed by atoms with Crippen LogP contribution in [0.1, 0.15) is 32.3 Å². The zero-order valence-corrected chi connectivity index (χ0v) is 11.5. The Balaban J connectivity index is 2.81. The zero-order chi connectivity index (χ0) is 14.6. The maximum absolute atomic E-state index is 13.1. The lowest BCUT2D eigenvalue weighted by Gasteiger charge is -2.30. The third-order valence-electron chi connectivity index (χ3n) is 3.44. The van der Waals surface area contributed by atoms with Gasteiger partial charge in [-0.15, -0.1) is 0 Å². The van der Waals surface area contributed by atoms with Gasteiger partial charge in [0, 0.05) is 13.6 Å². The van der Waals surface area contributed by atoms with E-state index < -0.39 is 17.2 Å². The predicted octanol–water partition coefficient (Wildman–Crippen LogP) is 2.44. The summed E-state index contributed by atoms with van der Waals surface area (Å²) in [5.74, 6) is -2.00. The van der Waals surface area contributed by atoms with Crippen molar-refractivity contribution in [2.24, 2.45) is 5.73 Å². The number of carbonyl (C=O) groups excluding carboxylic acids is 1. The Kier molecular flexibility index (Phi) is 5.00. The normalized spacial score (nSPS) is 11.5. The van der Waals surface area contributed by atoms with E-state index in [0.29, 0.717) is 18.4 Å². The SMILES string of the molecule is CCC(N)(CC)C(=O)N(C)Cc1ccc(F)c(F)c1. The quantitative estimate of drug-likeness (QED) is 0.893. The summed E-state index contributed by atoms with van der Waals surface area (Å²) in [4.78, 5) is 13.7. The molecule has 0 aliphatic carbocycles. The average molecular weight is 270 g/mol. The van der Waals surface area contributed by atoms with E-state index >= 15 is 0 Å². The minimum atomic E-state index is -0.914. The van der Waals surface area contributed by atoms with Gasteiger partial charge in [0.15, 0.2) is 11.6 Å². The van der Waals surface area contributed by atoms with Crippen LogP contribution in [-0.4, -0.2) is 23.4 Å². The van der Waals surface area contributed by atoms with Gasteiger partial charge in [0.05, 0.1) is 5.54 Å². The van der Waals surface area contributed by atoms with Crippen LogP contribution in [0.3, 0.4) is 0 Å². The van der Waals surface area contributed by atoms with E-state index in [1.54, 1.807) is 7.05 Å². The molecule has 0 aliphatic rings. The van der Waals surface area contributed by atoms with E-state index in [0.717, 1.165) is 12.1 Å². The van der Waals surface area contributed by atoms with Crippen molar-refractivity contribution >= 4 is 5.91 Å². The fraction of sp³-hybridized carbons (Fsp3) is 0.500. The van der Waals surface area contributed by atoms with Crippen molar-refractivity contribution in [1.82, 2.24) is 4.90 Å². The summed E-state index contributed by atoms with van der Waals surface area (Å²) < 4.78 is 25.9. The first-order valence-corrected chi connectivity index (χ1v) is 6.32. The monoisotopic (exact) mass is 270 g/mol. The Hall–Kier alpha value is -1.49. The highest BCUT2D eigenvalue weighted by atomic mass is 19.2. The molecule has 106 valence electrons. The summed E-state index contributed by atoms with van der Waals surface area (Å²) in [6, 6.07) is 3.60. The average Bonchev–Trinajstić information content (AvgIpc) is 2.41. The maximum atomic E-state index is 13.1. The Morgan fingerprint density at radius 3 is 2.32 bits per heavy atom. The maximum Gasteiger partial charge on any atom is 0.242 e. The van der Waals surface area contributed by atoms with Gasteiger partial charge in [-0.25, -0.2) is 8.78 Å². The molecule has 1 aromatic carbocycles. The van der Waals surface area contributed by atoms with Crippen LogP contribution in [0, 0.1) is 11.6 Å². The second kappa shape index (κ2) is 6.10. The lowest BCUT2D eigenvalue weighted by atomic mass is 9.92. The molecule has 0 radical (unpaired) electrons. The molecule has 3 nitrogen and oxygen atoms in total. The molecule has 0 saturated heterocycles. The Morgan fingerprint density at radius 2 is 1.84 bits per heavy atom. The van der Waals surface area contributed by atoms with E-state index in [4.69, 9.17) is 5.73 Å². The first kappa shape index (κ1) is 15.6. The molecule has 2 N–H and O–H groups in total. The molecule has 0 bridgehead atoms. The topological polar surface area (TPSA) is 46.3 Å². The third kappa shape index (κ3) is 3.50. The van der Waals surface area contributed by atoms with Gasteiger partial charge < -0.3 is 10.6 Å². The number of amides is 1. The Bertz CT molecular complexity index is 459. The van der Waals surface area contributed by atoms with Gasteiger partial charge in [0.2, 0.25) is 5.91 Å². The van der Waals surface area contributed by atoms with Crippen molar-refractivity contribution in [2.75, 3.05) is 7.05 Å². The smallest absolute Gasteiger partial charge is 0.242 e. The molecule has 0 atom stereocenters. The first-order valence-electron chi connectivity index (χ1n) is 6.32. The standard InChI is InChI=1S/C14H20F2N2O/c1-4-14(17,5-2)13(19)18(3)9-10-6-7-11(15)12(16)8-10/h6-8H,4-5,9,17H2,1-3H3. The van der Waals surface area contributed by atoms with E-state index in [1.165, 1.54) is 11.0 Å². The van der Waals surface area contributed by atoms with Gasteiger partial charge in [0.25, 0.3) is 0 Å². The summed E-state index contributed by atoms with van der Waals surface area (Å²) in [5, 5.41) is 0. The molecule has 0 fully saturated rings. The van der Waals surface area contributed by atoms with Crippen molar-refractivity contribution in [3.05, 3.63) is 35.4 Å². The van der Waals surface area contributed by atoms with Crippen LogP contribution in [0.2, 0.25) is 0 Å². The molecule has 1 aromatic rings. The fourth-order valence-electron chi connectivity index (χ4n) is 1.92. The Morgan fingerprint density at radius 1 is 1.26 bits per heavy atom. The number of likely N-dealkylation sites (N-methyl/N-ethyl adjacent to an activating group) is 1. The summed E-state index contributed by atoms with van der Waals surface area (Å²) in [7, 11) is 1.61. The lowest BCUT2D eigenvalue weighted by Crippen LogP contribution is -2.53. The number of nitrogens with two attached hydrogens (primary N) is 1. The number of hydrogen-bond donors (Lipinski definition) is 1. The fourth-order valence-corrected chi connectivity index (χ4v) is 1.92. The number of benzene rings is 1. The molecule has 1 amide bonds. The molecular weight excluding hydrogens is 250 g/mol. The molecular formula is C14H20F2N2O. The summed E-state index contributed by atoms with van der Waals surface area (Å²) in [5.41, 5.74) is 5.66. The Labute approximate surface area is 112 Å². The van der Waals surface area contributed by atoms with Crippen LogP contribution in [0.15, 0.2) is 18.2 Å². The molecule has 0 heterocycles. The van der Waals surface area contributed by atoms with Crippen LogP contribution in [0.25, 0.3) is 0 Å². The van der Waals surface area contributed by atoms with Gasteiger partial charge in [-0.05, 0) is 30.5 Å². The molecule has 0 unspecified atom stereocenters. The molecule has 0 aromatic heterocycles. The van der Waals surface area contributed by atoms with Gasteiger partial charge in [0.1, 0.15) is 0 Å². The van der Waals surface area contributed by atoms with Gasteiger partial charge in [-0.3, -0.25) is 4.79 Å². The van der Waals surface area contributed by atoms with Gasteiger partial charge in [-0.1, -0.05) is 19.9 Å². The molecule has 5 heteroatoms. The molecule has 0 aliphatic heterocycles. The molecule has 19 heavy (non-hydrogen) atoms. The summed E-state index contributed by atoms with van der Waals surface area (Å²) in [6.07, 6.45) is 1.06. The van der Waals surface area contributed by atoms with Gasteiger partial charge >= 0.3 is 0 Å². The van der Waals surface area contributed by atoms with E-state index in [-0.39, 0.29) is 12.5 Å². The van der Waals surface area contributed by atoms with Crippen LogP contribution >= 0.6 is 0 Å². The zero-order valence-electron chi connectivity index (χ0n) is 11.5. The van der Waals surface area contributed by atoms with Crippen LogP contribution < -0.4 is 5.73 Å². The van der Waals surface area contributed by atoms with Crippen LogP contribution in [-0.2, 0) is 11.3 Å². The largest absolute Gasteiger partial charge is 0.340 e. The highest BCUT2D eigenvalue weighted by molar-refractivity contribution is 5.85. The molecule has 0 spiro atoms. The third-order valence-corrected chi connectivity index (χ3v) is 3.44. The van der Waals surface area contributed by atoms with Gasteiger partial charge in [-0.2, -0.15) is 0 Å². The summed E-state index contributed by atoms with van der Waals surface area (Å²) in [6.45, 7) is 3.91. The predicted molar refractivity (Wildman–Crippen MR) is 70.3 cm³/mol. The van der Waals surface area contributed by atoms with Crippen molar-refractivity contribution < 1.29 is 13.6 Å². The minimum Gasteiger partial charge on any atom is -0.340 e. The van der Waals surface area contributed by atoms with E-state index in [9.17, 15) is 13.6 Å². The second-order valence-electron chi connectivity index (χ2n) is 4.77. The molecule has 1 rings (SSSR count). The van der Waals surface area contributed by atoms with E-state index in [2.05, 4.69) is 0 Å². The second-order valence-corrected chi connectivity index (χ2v) is 4.77. The highest BCUT2D eigenvalue weighted by Crippen LogP contribution is 2.17. The highest BCUT2D eigenvalue weighted by Gasteiger charge is 2.32. The van der Waals surface area contributed by atoms with Crippen molar-refractivity contribution in [1.29, 1.82) is 0 Å². The van der Waals surface area contributed by atoms with Crippen molar-refractivity contribution in [3.8, 4) is 0 Å². The number of rotatable bonds is 5. The number of halogens is 2. The van der Waals surface area contributed by atoms with Crippen LogP contribution in [0.5, 0.6) is 0 Å². The summed E-state index contributed by atoms with van der Waals surface area (Å²) >= 11 is 0. The number of hydrogen-bond acceptors (Lipinski definition) is 2. The van der Waals surface area contributed by atoms with Crippen LogP contribution in [0.4, 0.5) is 8.78 Å². The number of nitrogens with zero attached hydrogens (tertiary/aromatic N) is 1. The first-order chi connectivity index (χ1) is 8.84.